The van der Waals surface area contributed by atoms with E-state index in [9.17, 15) is 33.6 Å². The van der Waals surface area contributed by atoms with Crippen LogP contribution in [0, 0.1) is 0 Å². The molecule has 3 rings (SSSR count). The van der Waals surface area contributed by atoms with Crippen LogP contribution in [-0.2, 0) is 90.4 Å². The molecule has 282 valence electrons. The Morgan fingerprint density at radius 2 is 1.14 bits per heavy atom. The Balaban J connectivity index is 2.02. The highest BCUT2D eigenvalue weighted by molar-refractivity contribution is 5.70. The predicted molar refractivity (Wildman–Crippen MR) is 158 cm³/mol. The molecule has 0 aromatic heterocycles. The number of hydrogen-bond acceptors (Lipinski definition) is 19. The monoisotopic (exact) mass is 720 g/mol. The third kappa shape index (κ3) is 11.3. The number of fused-ring (bicyclic) bond motifs is 1. The molecule has 50 heavy (non-hydrogen) atoms. The largest absolute Gasteiger partial charge is 0.466 e. The summed E-state index contributed by atoms with van der Waals surface area (Å²) in [7, 11) is 0. The first-order chi connectivity index (χ1) is 23.4. The molecule has 0 radical (unpaired) electrons. The fourth-order valence-electron chi connectivity index (χ4n) is 5.61. The summed E-state index contributed by atoms with van der Waals surface area (Å²) in [5.74, 6) is -6.84. The minimum atomic E-state index is -1.74. The zero-order valence-electron chi connectivity index (χ0n) is 29.1. The van der Waals surface area contributed by atoms with Crippen LogP contribution < -0.4 is 0 Å². The molecule has 0 aliphatic carbocycles. The van der Waals surface area contributed by atoms with Gasteiger partial charge in [-0.05, 0) is 13.8 Å². The second-order valence-corrected chi connectivity index (χ2v) is 11.7. The Morgan fingerprint density at radius 1 is 0.640 bits per heavy atom. The van der Waals surface area contributed by atoms with Gasteiger partial charge in [0.05, 0.1) is 19.6 Å². The van der Waals surface area contributed by atoms with Gasteiger partial charge in [0.15, 0.2) is 36.3 Å². The Labute approximate surface area is 287 Å². The molecule has 19 nitrogen and oxygen atoms in total. The zero-order valence-corrected chi connectivity index (χ0v) is 29.1. The number of rotatable bonds is 13. The van der Waals surface area contributed by atoms with Crippen molar-refractivity contribution >= 4 is 41.8 Å². The van der Waals surface area contributed by atoms with E-state index in [4.69, 9.17) is 56.8 Å². The lowest BCUT2D eigenvalue weighted by Crippen LogP contribution is -2.68. The fraction of sp³-hybridized carbons (Fsp3) is 0.774. The van der Waals surface area contributed by atoms with Crippen LogP contribution in [0.2, 0.25) is 0 Å². The number of ether oxygens (including phenoxy) is 12. The van der Waals surface area contributed by atoms with E-state index in [0.717, 1.165) is 41.5 Å². The highest BCUT2D eigenvalue weighted by Crippen LogP contribution is 2.39. The average Bonchev–Trinajstić information content (AvgIpc) is 2.99. The van der Waals surface area contributed by atoms with E-state index >= 15 is 0 Å². The second-order valence-electron chi connectivity index (χ2n) is 11.7. The van der Waals surface area contributed by atoms with E-state index in [1.54, 1.807) is 13.8 Å². The maximum atomic E-state index is 12.4. The molecule has 0 N–H and O–H groups in total. The molecule has 3 fully saturated rings. The van der Waals surface area contributed by atoms with Gasteiger partial charge >= 0.3 is 41.8 Å². The van der Waals surface area contributed by atoms with E-state index in [1.807, 2.05) is 0 Å². The van der Waals surface area contributed by atoms with Crippen molar-refractivity contribution in [1.82, 2.24) is 0 Å². The van der Waals surface area contributed by atoms with Gasteiger partial charge in [-0.3, -0.25) is 33.6 Å². The summed E-state index contributed by atoms with van der Waals surface area (Å²) in [4.78, 5) is 85.1. The molecule has 3 aliphatic heterocycles. The first-order valence-corrected chi connectivity index (χ1v) is 15.9. The van der Waals surface area contributed by atoms with Gasteiger partial charge in [-0.15, -0.1) is 0 Å². The van der Waals surface area contributed by atoms with E-state index in [2.05, 4.69) is 0 Å². The molecule has 3 saturated heterocycles. The van der Waals surface area contributed by atoms with E-state index < -0.39 is 116 Å². The SMILES string of the molecule is CCOC(=O)CCC1(C)OC[C@H]2O[C@H](O[C@H]3O[C@H](COC(C)=O)[C@@H](OC(C)=O)[C@H](OC(C)=O)[C@H]3OC(C)=O)[C@H](OC(C)=O)[C@@H](OC(C)=O)[C@@H]2O1. The first kappa shape index (κ1) is 40.5. The standard InChI is InChI=1S/C31H44O19/c1-9-39-22(38)10-11-31(8)41-13-21-24(50-31)26(44-17(5)35)28(46-19(7)37)30(48-21)49-29-27(45-18(6)36)25(43-16(4)34)23(42-15(3)33)20(47-29)12-40-14(2)32/h20-21,23-30H,9-13H2,1-8H3/t20-,21-,23-,24-,25+,26+,27-,28-,29-,30-,31?/m1/s1. The molecule has 19 heteroatoms. The third-order valence-electron chi connectivity index (χ3n) is 7.44. The Bertz CT molecular complexity index is 1270. The van der Waals surface area contributed by atoms with Crippen LogP contribution in [0.3, 0.4) is 0 Å². The third-order valence-corrected chi connectivity index (χ3v) is 7.44. The van der Waals surface area contributed by atoms with Gasteiger partial charge in [0.2, 0.25) is 12.6 Å². The summed E-state index contributed by atoms with van der Waals surface area (Å²) < 4.78 is 67.9. The number of hydrogen-bond donors (Lipinski definition) is 0. The molecule has 0 amide bonds. The van der Waals surface area contributed by atoms with Gasteiger partial charge in [-0.2, -0.15) is 0 Å². The molecule has 11 atom stereocenters. The summed E-state index contributed by atoms with van der Waals surface area (Å²) in [6.45, 7) is 9.15. The lowest BCUT2D eigenvalue weighted by molar-refractivity contribution is -0.412. The van der Waals surface area contributed by atoms with E-state index in [-0.39, 0.29) is 26.1 Å². The summed E-state index contributed by atoms with van der Waals surface area (Å²) in [6, 6.07) is 0. The van der Waals surface area contributed by atoms with Gasteiger partial charge in [0.1, 0.15) is 24.9 Å². The van der Waals surface area contributed by atoms with Crippen LogP contribution in [0.15, 0.2) is 0 Å². The number of carbonyl (C=O) groups is 7. The Kier molecular flexibility index (Phi) is 14.5. The molecule has 0 aromatic rings. The lowest BCUT2D eigenvalue weighted by Gasteiger charge is -2.51. The van der Waals surface area contributed by atoms with Crippen molar-refractivity contribution in [3.05, 3.63) is 0 Å². The summed E-state index contributed by atoms with van der Waals surface area (Å²) in [6.07, 6.45) is -14.6. The molecule has 0 saturated carbocycles. The molecule has 0 spiro atoms. The van der Waals surface area contributed by atoms with E-state index in [1.165, 1.54) is 0 Å². The molecular weight excluding hydrogens is 676 g/mol. The number of carbonyl (C=O) groups excluding carboxylic acids is 7. The lowest BCUT2D eigenvalue weighted by atomic mass is 9.95. The average molecular weight is 721 g/mol. The normalized spacial score (nSPS) is 33.4. The predicted octanol–water partition coefficient (Wildman–Crippen LogP) is 0.149. The van der Waals surface area contributed by atoms with Crippen molar-refractivity contribution in [2.24, 2.45) is 0 Å². The second kappa shape index (κ2) is 17.8. The maximum Gasteiger partial charge on any atom is 0.305 e. The van der Waals surface area contributed by atoms with Crippen molar-refractivity contribution in [2.75, 3.05) is 19.8 Å². The van der Waals surface area contributed by atoms with Crippen LogP contribution in [-0.4, -0.2) is 129 Å². The topological polar surface area (TPSA) is 230 Å². The van der Waals surface area contributed by atoms with Crippen LogP contribution in [0.4, 0.5) is 0 Å². The smallest absolute Gasteiger partial charge is 0.305 e. The summed E-state index contributed by atoms with van der Waals surface area (Å²) >= 11 is 0. The van der Waals surface area contributed by atoms with Crippen LogP contribution in [0.5, 0.6) is 0 Å². The molecule has 0 bridgehead atoms. The van der Waals surface area contributed by atoms with Gasteiger partial charge < -0.3 is 56.8 Å². The molecule has 0 aromatic carbocycles. The molecule has 3 heterocycles. The van der Waals surface area contributed by atoms with Gasteiger partial charge in [-0.25, -0.2) is 0 Å². The number of esters is 7. The van der Waals surface area contributed by atoms with Crippen molar-refractivity contribution in [2.45, 2.75) is 135 Å². The van der Waals surface area contributed by atoms with Gasteiger partial charge in [-0.1, -0.05) is 0 Å². The van der Waals surface area contributed by atoms with Crippen LogP contribution in [0.1, 0.15) is 68.2 Å². The van der Waals surface area contributed by atoms with Crippen LogP contribution >= 0.6 is 0 Å². The summed E-state index contributed by atoms with van der Waals surface area (Å²) in [5.41, 5.74) is 0. The molecular formula is C31H44O19. The van der Waals surface area contributed by atoms with Crippen molar-refractivity contribution in [3.63, 3.8) is 0 Å². The van der Waals surface area contributed by atoms with Crippen molar-refractivity contribution in [1.29, 1.82) is 0 Å². The van der Waals surface area contributed by atoms with Crippen LogP contribution in [0.25, 0.3) is 0 Å². The Hall–Kier alpha value is -3.91. The highest BCUT2D eigenvalue weighted by Gasteiger charge is 2.59. The quantitative estimate of drug-likeness (QED) is 0.182. The fourth-order valence-corrected chi connectivity index (χ4v) is 5.61. The van der Waals surface area contributed by atoms with Gasteiger partial charge in [0, 0.05) is 48.0 Å². The van der Waals surface area contributed by atoms with Crippen molar-refractivity contribution in [3.8, 4) is 0 Å². The Morgan fingerprint density at radius 3 is 1.68 bits per heavy atom. The highest BCUT2D eigenvalue weighted by atomic mass is 16.8. The first-order valence-electron chi connectivity index (χ1n) is 15.9. The van der Waals surface area contributed by atoms with E-state index in [0.29, 0.717) is 0 Å². The maximum absolute atomic E-state index is 12.4. The molecule has 3 aliphatic rings. The minimum Gasteiger partial charge on any atom is -0.466 e. The van der Waals surface area contributed by atoms with Gasteiger partial charge in [0.25, 0.3) is 0 Å². The van der Waals surface area contributed by atoms with Crippen molar-refractivity contribution < 1.29 is 90.4 Å². The summed E-state index contributed by atoms with van der Waals surface area (Å²) in [5, 5.41) is 0. The minimum absolute atomic E-state index is 0.0464. The molecule has 1 unspecified atom stereocenters. The zero-order chi connectivity index (χ0) is 37.3.